The number of halogens is 2. The van der Waals surface area contributed by atoms with Crippen LogP contribution in [0.2, 0.25) is 5.02 Å². The third kappa shape index (κ3) is 2.85. The number of nitrogen functional groups attached to an aromatic ring is 1. The first-order valence-corrected chi connectivity index (χ1v) is 5.86. The van der Waals surface area contributed by atoms with Crippen molar-refractivity contribution >= 4 is 17.3 Å². The van der Waals surface area contributed by atoms with E-state index in [-0.39, 0.29) is 28.2 Å². The number of hydrogen-bond donors (Lipinski definition) is 1. The Morgan fingerprint density at radius 1 is 1.32 bits per heavy atom. The lowest BCUT2D eigenvalue weighted by Crippen LogP contribution is -2.03. The van der Waals surface area contributed by atoms with Crippen LogP contribution in [0, 0.1) is 5.82 Å². The summed E-state index contributed by atoms with van der Waals surface area (Å²) in [6.45, 7) is 2.19. The van der Waals surface area contributed by atoms with Crippen LogP contribution < -0.4 is 15.2 Å². The van der Waals surface area contributed by atoms with E-state index < -0.39 is 5.82 Å². The van der Waals surface area contributed by atoms with E-state index in [1.54, 1.807) is 13.0 Å². The number of rotatable bonds is 4. The van der Waals surface area contributed by atoms with E-state index in [1.165, 1.54) is 18.5 Å². The molecule has 1 aromatic carbocycles. The predicted molar refractivity (Wildman–Crippen MR) is 69.1 cm³/mol. The van der Waals surface area contributed by atoms with Gasteiger partial charge in [-0.25, -0.2) is 4.39 Å². The molecule has 19 heavy (non-hydrogen) atoms. The molecule has 1 aromatic heterocycles. The number of nitrogens with zero attached hydrogens (tertiary/aromatic N) is 2. The van der Waals surface area contributed by atoms with Crippen LogP contribution in [-0.4, -0.2) is 16.6 Å². The van der Waals surface area contributed by atoms with Crippen molar-refractivity contribution in [3.8, 4) is 17.5 Å². The van der Waals surface area contributed by atoms with Crippen molar-refractivity contribution < 1.29 is 13.9 Å². The van der Waals surface area contributed by atoms with Crippen LogP contribution in [0.3, 0.4) is 0 Å². The Morgan fingerprint density at radius 2 is 2.05 bits per heavy atom. The molecule has 0 fully saturated rings. The predicted octanol–water partition coefficient (Wildman–Crippen LogP) is 3.04. The summed E-state index contributed by atoms with van der Waals surface area (Å²) in [5.74, 6) is -0.546. The molecule has 5 nitrogen and oxygen atoms in total. The molecule has 0 unspecified atom stereocenters. The summed E-state index contributed by atoms with van der Waals surface area (Å²) in [6, 6.07) is 4.39. The molecule has 0 amide bonds. The highest BCUT2D eigenvalue weighted by Gasteiger charge is 2.14. The Labute approximate surface area is 114 Å². The first-order chi connectivity index (χ1) is 9.13. The number of hydrogen-bond acceptors (Lipinski definition) is 5. The zero-order chi connectivity index (χ0) is 13.8. The summed E-state index contributed by atoms with van der Waals surface area (Å²) in [4.78, 5) is 7.69. The first kappa shape index (κ1) is 13.4. The van der Waals surface area contributed by atoms with Crippen molar-refractivity contribution in [2.75, 3.05) is 12.3 Å². The van der Waals surface area contributed by atoms with E-state index in [9.17, 15) is 4.39 Å². The molecule has 2 aromatic rings. The zero-order valence-corrected chi connectivity index (χ0v) is 10.8. The maximum atomic E-state index is 13.7. The van der Waals surface area contributed by atoms with Crippen molar-refractivity contribution in [2.45, 2.75) is 6.92 Å². The molecule has 0 saturated heterocycles. The van der Waals surface area contributed by atoms with Crippen LogP contribution in [-0.2, 0) is 0 Å². The van der Waals surface area contributed by atoms with Gasteiger partial charge in [0, 0.05) is 0 Å². The van der Waals surface area contributed by atoms with Crippen molar-refractivity contribution in [1.82, 2.24) is 9.97 Å². The van der Waals surface area contributed by atoms with Gasteiger partial charge in [0.2, 0.25) is 11.8 Å². The minimum absolute atomic E-state index is 0.0135. The number of ether oxygens (including phenoxy) is 2. The van der Waals surface area contributed by atoms with Gasteiger partial charge in [0.25, 0.3) is 0 Å². The van der Waals surface area contributed by atoms with E-state index >= 15 is 0 Å². The molecule has 2 N–H and O–H groups in total. The first-order valence-electron chi connectivity index (χ1n) is 5.48. The SMILES string of the molecule is CCOc1ncnc(Oc2cccc(Cl)c2F)c1N. The molecule has 7 heteroatoms. The van der Waals surface area contributed by atoms with Crippen LogP contribution in [0.15, 0.2) is 24.5 Å². The molecule has 0 aliphatic rings. The fraction of sp³-hybridized carbons (Fsp3) is 0.167. The van der Waals surface area contributed by atoms with Crippen molar-refractivity contribution in [2.24, 2.45) is 0 Å². The molecule has 0 radical (unpaired) electrons. The van der Waals surface area contributed by atoms with Gasteiger partial charge in [0.15, 0.2) is 17.3 Å². The minimum Gasteiger partial charge on any atom is -0.476 e. The monoisotopic (exact) mass is 283 g/mol. The lowest BCUT2D eigenvalue weighted by molar-refractivity contribution is 0.325. The van der Waals surface area contributed by atoms with Crippen molar-refractivity contribution in [3.05, 3.63) is 35.4 Å². The third-order valence-electron chi connectivity index (χ3n) is 2.21. The van der Waals surface area contributed by atoms with Crippen LogP contribution in [0.25, 0.3) is 0 Å². The largest absolute Gasteiger partial charge is 0.476 e. The summed E-state index contributed by atoms with van der Waals surface area (Å²) in [7, 11) is 0. The Kier molecular flexibility index (Phi) is 4.01. The smallest absolute Gasteiger partial charge is 0.249 e. The summed E-state index contributed by atoms with van der Waals surface area (Å²) >= 11 is 5.66. The standard InChI is InChI=1S/C12H11ClFN3O2/c1-2-18-11-10(15)12(17-6-16-11)19-8-5-3-4-7(13)9(8)14/h3-6H,2,15H2,1H3. The van der Waals surface area contributed by atoms with Gasteiger partial charge in [-0.2, -0.15) is 9.97 Å². The van der Waals surface area contributed by atoms with Gasteiger partial charge in [-0.15, -0.1) is 0 Å². The number of nitrogens with two attached hydrogens (primary N) is 1. The summed E-state index contributed by atoms with van der Waals surface area (Å²) in [6.07, 6.45) is 1.22. The molecule has 0 aliphatic heterocycles. The molecule has 0 bridgehead atoms. The molecule has 0 aliphatic carbocycles. The lowest BCUT2D eigenvalue weighted by Gasteiger charge is -2.10. The Balaban J connectivity index is 2.33. The maximum Gasteiger partial charge on any atom is 0.249 e. The van der Waals surface area contributed by atoms with Gasteiger partial charge in [-0.3, -0.25) is 0 Å². The number of anilines is 1. The average molecular weight is 284 g/mol. The van der Waals surface area contributed by atoms with E-state index in [1.807, 2.05) is 0 Å². The fourth-order valence-electron chi connectivity index (χ4n) is 1.36. The summed E-state index contributed by atoms with van der Waals surface area (Å²) in [5, 5.41) is -0.0461. The Morgan fingerprint density at radius 3 is 2.79 bits per heavy atom. The number of benzene rings is 1. The molecule has 100 valence electrons. The molecule has 2 rings (SSSR count). The van der Waals surface area contributed by atoms with E-state index in [2.05, 4.69) is 9.97 Å². The van der Waals surface area contributed by atoms with E-state index in [0.29, 0.717) is 6.61 Å². The highest BCUT2D eigenvalue weighted by Crippen LogP contribution is 2.33. The Bertz CT molecular complexity index is 595. The average Bonchev–Trinajstić information content (AvgIpc) is 2.40. The highest BCUT2D eigenvalue weighted by atomic mass is 35.5. The van der Waals surface area contributed by atoms with Crippen LogP contribution in [0.4, 0.5) is 10.1 Å². The molecular weight excluding hydrogens is 273 g/mol. The van der Waals surface area contributed by atoms with E-state index in [0.717, 1.165) is 0 Å². The topological polar surface area (TPSA) is 70.3 Å². The molecule has 0 saturated carbocycles. The van der Waals surface area contributed by atoms with Crippen LogP contribution >= 0.6 is 11.6 Å². The molecule has 0 atom stereocenters. The fourth-order valence-corrected chi connectivity index (χ4v) is 1.53. The maximum absolute atomic E-state index is 13.7. The van der Waals surface area contributed by atoms with Crippen molar-refractivity contribution in [1.29, 1.82) is 0 Å². The minimum atomic E-state index is -0.680. The van der Waals surface area contributed by atoms with Crippen LogP contribution in [0.1, 0.15) is 6.92 Å². The van der Waals surface area contributed by atoms with Gasteiger partial charge in [-0.05, 0) is 19.1 Å². The molecular formula is C12H11ClFN3O2. The quantitative estimate of drug-likeness (QED) is 0.934. The summed E-state index contributed by atoms with van der Waals surface area (Å²) in [5.41, 5.74) is 5.88. The van der Waals surface area contributed by atoms with Crippen molar-refractivity contribution in [3.63, 3.8) is 0 Å². The van der Waals surface area contributed by atoms with Gasteiger partial charge in [0.1, 0.15) is 6.33 Å². The normalized spacial score (nSPS) is 10.3. The molecule has 0 spiro atoms. The highest BCUT2D eigenvalue weighted by molar-refractivity contribution is 6.30. The lowest BCUT2D eigenvalue weighted by atomic mass is 10.3. The van der Waals surface area contributed by atoms with Gasteiger partial charge < -0.3 is 15.2 Å². The van der Waals surface area contributed by atoms with E-state index in [4.69, 9.17) is 26.8 Å². The number of aromatic nitrogens is 2. The third-order valence-corrected chi connectivity index (χ3v) is 2.51. The second kappa shape index (κ2) is 5.71. The Hall–Kier alpha value is -2.08. The summed E-state index contributed by atoms with van der Waals surface area (Å²) < 4.78 is 24.2. The second-order valence-electron chi connectivity index (χ2n) is 3.48. The van der Waals surface area contributed by atoms with Crippen LogP contribution in [0.5, 0.6) is 17.5 Å². The van der Waals surface area contributed by atoms with Gasteiger partial charge in [-0.1, -0.05) is 17.7 Å². The zero-order valence-electron chi connectivity index (χ0n) is 10.1. The van der Waals surface area contributed by atoms with Gasteiger partial charge >= 0.3 is 0 Å². The van der Waals surface area contributed by atoms with Gasteiger partial charge in [0.05, 0.1) is 11.6 Å². The second-order valence-corrected chi connectivity index (χ2v) is 3.89. The molecule has 1 heterocycles.